The zero-order valence-corrected chi connectivity index (χ0v) is 8.63. The molecule has 0 saturated heterocycles. The Hall–Kier alpha value is -1.83. The zero-order valence-electron chi connectivity index (χ0n) is 7.88. The molecule has 1 heterocycles. The van der Waals surface area contributed by atoms with Gasteiger partial charge in [-0.3, -0.25) is 10.1 Å². The van der Waals surface area contributed by atoms with Crippen molar-refractivity contribution in [3.63, 3.8) is 0 Å². The van der Waals surface area contributed by atoms with E-state index in [0.29, 0.717) is 0 Å². The number of amides is 1. The fourth-order valence-electron chi connectivity index (χ4n) is 0.968. The number of carbonyl (C=O) groups excluding carboxylic acids is 1. The van der Waals surface area contributed by atoms with Gasteiger partial charge in [-0.2, -0.15) is 13.2 Å². The number of aromatic nitrogens is 1. The number of pyridine rings is 1. The van der Waals surface area contributed by atoms with E-state index < -0.39 is 29.4 Å². The first-order valence-electron chi connectivity index (χ1n) is 4.00. The molecule has 0 aromatic carbocycles. The van der Waals surface area contributed by atoms with Gasteiger partial charge in [-0.15, -0.1) is 0 Å². The number of hydrogen-bond donors (Lipinski definition) is 2. The SMILES string of the molecule is O=C(O)Nc1nc(Cl)ccc1C(=O)C(F)(F)F. The lowest BCUT2D eigenvalue weighted by atomic mass is 10.1. The molecule has 1 rings (SSSR count). The number of rotatable bonds is 2. The molecule has 0 aliphatic carbocycles. The summed E-state index contributed by atoms with van der Waals surface area (Å²) in [5, 5.41) is 9.70. The highest BCUT2D eigenvalue weighted by Crippen LogP contribution is 2.26. The lowest BCUT2D eigenvalue weighted by molar-refractivity contribution is -0.0884. The summed E-state index contributed by atoms with van der Waals surface area (Å²) in [6.45, 7) is 0. The quantitative estimate of drug-likeness (QED) is 0.638. The Morgan fingerprint density at radius 3 is 2.41 bits per heavy atom. The van der Waals surface area contributed by atoms with E-state index in [9.17, 15) is 22.8 Å². The maximum atomic E-state index is 12.2. The molecule has 5 nitrogen and oxygen atoms in total. The Labute approximate surface area is 97.2 Å². The van der Waals surface area contributed by atoms with E-state index in [-0.39, 0.29) is 5.15 Å². The van der Waals surface area contributed by atoms with Crippen molar-refractivity contribution in [1.82, 2.24) is 4.98 Å². The average molecular weight is 269 g/mol. The van der Waals surface area contributed by atoms with Crippen molar-refractivity contribution < 1.29 is 27.9 Å². The molecule has 1 amide bonds. The summed E-state index contributed by atoms with van der Waals surface area (Å²) in [4.78, 5) is 24.6. The molecule has 0 fully saturated rings. The van der Waals surface area contributed by atoms with Crippen LogP contribution in [-0.4, -0.2) is 28.1 Å². The van der Waals surface area contributed by atoms with Crippen LogP contribution in [0.4, 0.5) is 23.8 Å². The summed E-state index contributed by atoms with van der Waals surface area (Å²) in [5.74, 6) is -2.96. The molecule has 17 heavy (non-hydrogen) atoms. The molecule has 0 bridgehead atoms. The molecule has 2 N–H and O–H groups in total. The van der Waals surface area contributed by atoms with Crippen LogP contribution in [-0.2, 0) is 0 Å². The molecule has 0 unspecified atom stereocenters. The third-order valence-corrected chi connectivity index (χ3v) is 1.80. The van der Waals surface area contributed by atoms with Gasteiger partial charge in [0.1, 0.15) is 11.0 Å². The average Bonchev–Trinajstić information content (AvgIpc) is 2.14. The Bertz CT molecular complexity index is 476. The number of hydrogen-bond acceptors (Lipinski definition) is 3. The molecule has 0 spiro atoms. The number of nitrogens with one attached hydrogen (secondary N) is 1. The number of carboxylic acid groups (broad SMARTS) is 1. The minimum Gasteiger partial charge on any atom is -0.465 e. The Balaban J connectivity index is 3.23. The van der Waals surface area contributed by atoms with Crippen LogP contribution in [0.15, 0.2) is 12.1 Å². The van der Waals surface area contributed by atoms with E-state index in [1.165, 1.54) is 0 Å². The predicted molar refractivity (Wildman–Crippen MR) is 51.3 cm³/mol. The summed E-state index contributed by atoms with van der Waals surface area (Å²) in [6.07, 6.45) is -6.78. The van der Waals surface area contributed by atoms with E-state index in [0.717, 1.165) is 12.1 Å². The van der Waals surface area contributed by atoms with Gasteiger partial charge in [0.25, 0.3) is 5.78 Å². The van der Waals surface area contributed by atoms with Gasteiger partial charge in [-0.05, 0) is 12.1 Å². The van der Waals surface area contributed by atoms with Crippen molar-refractivity contribution in [2.75, 3.05) is 5.32 Å². The van der Waals surface area contributed by atoms with Crippen molar-refractivity contribution >= 4 is 29.3 Å². The number of halogens is 4. The number of carbonyl (C=O) groups is 2. The molecule has 92 valence electrons. The number of Topliss-reactive ketones (excluding diaryl/α,β-unsaturated/α-hetero) is 1. The van der Waals surface area contributed by atoms with Crippen molar-refractivity contribution in [2.45, 2.75) is 6.18 Å². The molecule has 9 heteroatoms. The summed E-state index contributed by atoms with van der Waals surface area (Å²) in [7, 11) is 0. The van der Waals surface area contributed by atoms with Crippen LogP contribution in [0.1, 0.15) is 10.4 Å². The van der Waals surface area contributed by atoms with Gasteiger partial charge < -0.3 is 5.11 Å². The number of nitrogens with zero attached hydrogens (tertiary/aromatic N) is 1. The first-order chi connectivity index (χ1) is 7.71. The lowest BCUT2D eigenvalue weighted by Gasteiger charge is -2.09. The summed E-state index contributed by atoms with van der Waals surface area (Å²) in [5.41, 5.74) is -0.913. The molecule has 1 aromatic heterocycles. The van der Waals surface area contributed by atoms with Gasteiger partial charge in [0.2, 0.25) is 0 Å². The van der Waals surface area contributed by atoms with Gasteiger partial charge in [-0.25, -0.2) is 9.78 Å². The smallest absolute Gasteiger partial charge is 0.455 e. The molecule has 0 radical (unpaired) electrons. The first kappa shape index (κ1) is 13.2. The fraction of sp³-hybridized carbons (Fsp3) is 0.125. The number of ketones is 1. The van der Waals surface area contributed by atoms with Gasteiger partial charge in [0.05, 0.1) is 5.56 Å². The predicted octanol–water partition coefficient (Wildman–Crippen LogP) is 2.57. The molecule has 0 aliphatic rings. The molecule has 0 saturated carbocycles. The third-order valence-electron chi connectivity index (χ3n) is 1.59. The van der Waals surface area contributed by atoms with E-state index in [1.54, 1.807) is 5.32 Å². The topological polar surface area (TPSA) is 79.3 Å². The summed E-state index contributed by atoms with van der Waals surface area (Å²) < 4.78 is 36.5. The van der Waals surface area contributed by atoms with E-state index in [1.807, 2.05) is 0 Å². The van der Waals surface area contributed by atoms with E-state index >= 15 is 0 Å². The molecule has 1 aromatic rings. The van der Waals surface area contributed by atoms with Crippen molar-refractivity contribution in [2.24, 2.45) is 0 Å². The van der Waals surface area contributed by atoms with Crippen LogP contribution in [0.3, 0.4) is 0 Å². The van der Waals surface area contributed by atoms with Gasteiger partial charge in [0, 0.05) is 0 Å². The summed E-state index contributed by atoms with van der Waals surface area (Å²) >= 11 is 5.38. The molecule has 0 atom stereocenters. The summed E-state index contributed by atoms with van der Waals surface area (Å²) in [6, 6.07) is 1.70. The highest BCUT2D eigenvalue weighted by molar-refractivity contribution is 6.29. The molecular formula is C8H4ClF3N2O3. The second-order valence-corrected chi connectivity index (χ2v) is 3.17. The van der Waals surface area contributed by atoms with Gasteiger partial charge >= 0.3 is 12.3 Å². The highest BCUT2D eigenvalue weighted by atomic mass is 35.5. The standard InChI is InChI=1S/C8H4ClF3N2O3/c9-4-2-1-3(5(15)8(10,11)12)6(13-4)14-7(16)17/h1-2H,(H,13,14)(H,16,17). The maximum absolute atomic E-state index is 12.2. The zero-order chi connectivity index (χ0) is 13.2. The van der Waals surface area contributed by atoms with Crippen molar-refractivity contribution in [1.29, 1.82) is 0 Å². The minimum atomic E-state index is -5.12. The molecular weight excluding hydrogens is 265 g/mol. The number of anilines is 1. The van der Waals surface area contributed by atoms with E-state index in [4.69, 9.17) is 16.7 Å². The molecule has 0 aliphatic heterocycles. The normalized spacial score (nSPS) is 11.1. The minimum absolute atomic E-state index is 0.243. The highest BCUT2D eigenvalue weighted by Gasteiger charge is 2.41. The maximum Gasteiger partial charge on any atom is 0.455 e. The fourth-order valence-corrected chi connectivity index (χ4v) is 1.12. The largest absolute Gasteiger partial charge is 0.465 e. The third kappa shape index (κ3) is 3.31. The monoisotopic (exact) mass is 268 g/mol. The van der Waals surface area contributed by atoms with Crippen molar-refractivity contribution in [3.8, 4) is 0 Å². The Morgan fingerprint density at radius 2 is 1.94 bits per heavy atom. The van der Waals surface area contributed by atoms with Crippen LogP contribution in [0, 0.1) is 0 Å². The lowest BCUT2D eigenvalue weighted by Crippen LogP contribution is -2.25. The van der Waals surface area contributed by atoms with Crippen LogP contribution in [0.25, 0.3) is 0 Å². The Morgan fingerprint density at radius 1 is 1.35 bits per heavy atom. The van der Waals surface area contributed by atoms with Crippen molar-refractivity contribution in [3.05, 3.63) is 22.8 Å². The second-order valence-electron chi connectivity index (χ2n) is 2.79. The van der Waals surface area contributed by atoms with Crippen LogP contribution < -0.4 is 5.32 Å². The van der Waals surface area contributed by atoms with Crippen LogP contribution in [0.5, 0.6) is 0 Å². The van der Waals surface area contributed by atoms with Crippen LogP contribution >= 0.6 is 11.6 Å². The Kier molecular flexibility index (Phi) is 3.56. The first-order valence-corrected chi connectivity index (χ1v) is 4.37. The number of alkyl halides is 3. The van der Waals surface area contributed by atoms with Crippen LogP contribution in [0.2, 0.25) is 5.15 Å². The second kappa shape index (κ2) is 4.58. The van der Waals surface area contributed by atoms with Gasteiger partial charge in [0.15, 0.2) is 0 Å². The van der Waals surface area contributed by atoms with E-state index in [2.05, 4.69) is 4.98 Å². The van der Waals surface area contributed by atoms with Gasteiger partial charge in [-0.1, -0.05) is 11.6 Å².